The summed E-state index contributed by atoms with van der Waals surface area (Å²) in [7, 11) is -3.52. The van der Waals surface area contributed by atoms with Crippen molar-refractivity contribution in [3.63, 3.8) is 0 Å². The number of anilines is 1. The molecule has 136 valence electrons. The number of nitrogens with one attached hydrogen (secondary N) is 1. The zero-order valence-electron chi connectivity index (χ0n) is 13.9. The molecule has 0 bridgehead atoms. The summed E-state index contributed by atoms with van der Waals surface area (Å²) in [5.41, 5.74) is 0.641. The Morgan fingerprint density at radius 2 is 1.96 bits per heavy atom. The second kappa shape index (κ2) is 7.53. The van der Waals surface area contributed by atoms with E-state index in [0.717, 1.165) is 11.8 Å². The Balaban J connectivity index is 1.78. The lowest BCUT2D eigenvalue weighted by atomic mass is 10.2. The van der Waals surface area contributed by atoms with Crippen LogP contribution in [0.15, 0.2) is 56.8 Å². The molecular weight excluding hydrogens is 388 g/mol. The molecular formula is C17H12N4O4S2. The lowest BCUT2D eigenvalue weighted by molar-refractivity contribution is -0.112. The van der Waals surface area contributed by atoms with Crippen LogP contribution in [-0.2, 0) is 14.6 Å². The van der Waals surface area contributed by atoms with Crippen molar-refractivity contribution in [2.24, 2.45) is 0 Å². The molecule has 0 spiro atoms. The second-order valence-electron chi connectivity index (χ2n) is 5.34. The lowest BCUT2D eigenvalue weighted by Gasteiger charge is -1.98. The van der Waals surface area contributed by atoms with Crippen LogP contribution in [0.2, 0.25) is 0 Å². The number of benzene rings is 1. The largest absolute Gasteiger partial charge is 0.457 e. The van der Waals surface area contributed by atoms with Gasteiger partial charge >= 0.3 is 0 Å². The molecule has 0 aliphatic rings. The minimum Gasteiger partial charge on any atom is -0.457 e. The van der Waals surface area contributed by atoms with Gasteiger partial charge in [0.15, 0.2) is 0 Å². The molecule has 10 heteroatoms. The van der Waals surface area contributed by atoms with E-state index in [9.17, 15) is 18.5 Å². The van der Waals surface area contributed by atoms with Gasteiger partial charge in [-0.2, -0.15) is 5.26 Å². The van der Waals surface area contributed by atoms with Crippen molar-refractivity contribution in [1.29, 1.82) is 5.26 Å². The Hall–Kier alpha value is -3.29. The highest BCUT2D eigenvalue weighted by molar-refractivity contribution is 7.92. The lowest BCUT2D eigenvalue weighted by Crippen LogP contribution is -2.13. The number of hydrogen-bond donors (Lipinski definition) is 1. The number of furan rings is 1. The average Bonchev–Trinajstić information content (AvgIpc) is 3.29. The van der Waals surface area contributed by atoms with Crippen molar-refractivity contribution < 1.29 is 17.6 Å². The highest BCUT2D eigenvalue weighted by atomic mass is 32.2. The number of hydrogen-bond acceptors (Lipinski definition) is 8. The molecule has 0 atom stereocenters. The Morgan fingerprint density at radius 3 is 2.59 bits per heavy atom. The zero-order chi connectivity index (χ0) is 19.4. The first-order chi connectivity index (χ1) is 12.9. The third-order valence-corrected chi connectivity index (χ3v) is 5.79. The molecule has 0 saturated carbocycles. The second-order valence-corrected chi connectivity index (χ2v) is 8.50. The van der Waals surface area contributed by atoms with Crippen LogP contribution in [0.1, 0.15) is 5.76 Å². The summed E-state index contributed by atoms with van der Waals surface area (Å²) in [6.07, 6.45) is 2.28. The normalized spacial score (nSPS) is 11.8. The van der Waals surface area contributed by atoms with E-state index in [1.165, 1.54) is 6.08 Å². The van der Waals surface area contributed by atoms with Crippen molar-refractivity contribution in [3.8, 4) is 17.4 Å². The minimum absolute atomic E-state index is 0.0222. The third kappa shape index (κ3) is 4.46. The summed E-state index contributed by atoms with van der Waals surface area (Å²) in [5, 5.41) is 18.7. The van der Waals surface area contributed by atoms with Crippen LogP contribution >= 0.6 is 11.3 Å². The maximum absolute atomic E-state index is 12.2. The van der Waals surface area contributed by atoms with Crippen LogP contribution in [0.5, 0.6) is 0 Å². The quantitative estimate of drug-likeness (QED) is 0.396. The average molecular weight is 400 g/mol. The maximum Gasteiger partial charge on any atom is 0.268 e. The van der Waals surface area contributed by atoms with Crippen LogP contribution < -0.4 is 5.32 Å². The van der Waals surface area contributed by atoms with Crippen molar-refractivity contribution in [2.75, 3.05) is 11.6 Å². The van der Waals surface area contributed by atoms with Gasteiger partial charge < -0.3 is 4.42 Å². The van der Waals surface area contributed by atoms with Gasteiger partial charge in [0.1, 0.15) is 23.2 Å². The standard InChI is InChI=1S/C17H12N4O4S2/c1-27(23,24)17-21-20-16(26-17)19-15(22)12(10-18)9-13-7-8-14(25-13)11-5-3-2-4-6-11/h2-9H,1H3,(H,19,20,22)/b12-9-. The summed E-state index contributed by atoms with van der Waals surface area (Å²) in [5.74, 6) is 0.183. The predicted molar refractivity (Wildman–Crippen MR) is 99.4 cm³/mol. The Morgan fingerprint density at radius 1 is 1.22 bits per heavy atom. The van der Waals surface area contributed by atoms with Gasteiger partial charge in [0, 0.05) is 17.9 Å². The van der Waals surface area contributed by atoms with Crippen LogP contribution in [0, 0.1) is 11.3 Å². The summed E-state index contributed by atoms with van der Waals surface area (Å²) in [4.78, 5) is 12.2. The van der Waals surface area contributed by atoms with E-state index in [4.69, 9.17) is 4.42 Å². The molecule has 3 aromatic rings. The first-order valence-electron chi connectivity index (χ1n) is 7.49. The van der Waals surface area contributed by atoms with Crippen molar-refractivity contribution in [1.82, 2.24) is 10.2 Å². The molecule has 0 saturated heterocycles. The van der Waals surface area contributed by atoms with Gasteiger partial charge in [0.2, 0.25) is 19.3 Å². The van der Waals surface area contributed by atoms with Crippen LogP contribution in [-0.4, -0.2) is 30.8 Å². The molecule has 2 aromatic heterocycles. The van der Waals surface area contributed by atoms with E-state index < -0.39 is 15.7 Å². The Labute approximate surface area is 158 Å². The molecule has 8 nitrogen and oxygen atoms in total. The number of sulfone groups is 1. The predicted octanol–water partition coefficient (Wildman–Crippen LogP) is 2.75. The van der Waals surface area contributed by atoms with E-state index in [0.29, 0.717) is 22.9 Å². The minimum atomic E-state index is -3.52. The zero-order valence-corrected chi connectivity index (χ0v) is 15.5. The highest BCUT2D eigenvalue weighted by Gasteiger charge is 2.17. The molecule has 0 fully saturated rings. The number of amides is 1. The molecule has 2 heterocycles. The molecule has 0 radical (unpaired) electrons. The number of nitriles is 1. The van der Waals surface area contributed by atoms with Gasteiger partial charge in [-0.1, -0.05) is 41.7 Å². The SMILES string of the molecule is CS(=O)(=O)c1nnc(NC(=O)/C(C#N)=C\c2ccc(-c3ccccc3)o2)s1. The van der Waals surface area contributed by atoms with Crippen molar-refractivity contribution >= 4 is 38.3 Å². The van der Waals surface area contributed by atoms with E-state index in [-0.39, 0.29) is 15.0 Å². The topological polar surface area (TPSA) is 126 Å². The summed E-state index contributed by atoms with van der Waals surface area (Å²) in [6.45, 7) is 0. The highest BCUT2D eigenvalue weighted by Crippen LogP contribution is 2.24. The monoisotopic (exact) mass is 400 g/mol. The Kier molecular flexibility index (Phi) is 5.16. The molecule has 3 rings (SSSR count). The first-order valence-corrected chi connectivity index (χ1v) is 10.2. The number of nitrogens with zero attached hydrogens (tertiary/aromatic N) is 3. The van der Waals surface area contributed by atoms with Gasteiger partial charge in [-0.25, -0.2) is 8.42 Å². The van der Waals surface area contributed by atoms with Crippen LogP contribution in [0.3, 0.4) is 0 Å². The molecule has 0 unspecified atom stereocenters. The number of aromatic nitrogens is 2. The van der Waals surface area contributed by atoms with Gasteiger partial charge in [0.05, 0.1) is 0 Å². The van der Waals surface area contributed by atoms with Gasteiger partial charge in [-0.15, -0.1) is 10.2 Å². The third-order valence-electron chi connectivity index (χ3n) is 3.28. The first kappa shape index (κ1) is 18.5. The maximum atomic E-state index is 12.2. The fourth-order valence-corrected chi connectivity index (χ4v) is 3.56. The van der Waals surface area contributed by atoms with Gasteiger partial charge in [0.25, 0.3) is 5.91 Å². The summed E-state index contributed by atoms with van der Waals surface area (Å²) in [6, 6.07) is 14.5. The molecule has 1 aromatic carbocycles. The number of carbonyl (C=O) groups excluding carboxylic acids is 1. The molecule has 1 amide bonds. The Bertz CT molecular complexity index is 1160. The summed E-state index contributed by atoms with van der Waals surface area (Å²) < 4.78 is 28.2. The molecule has 0 aliphatic carbocycles. The fourth-order valence-electron chi connectivity index (χ4n) is 2.05. The smallest absolute Gasteiger partial charge is 0.268 e. The van der Waals surface area contributed by atoms with E-state index in [1.54, 1.807) is 18.2 Å². The van der Waals surface area contributed by atoms with E-state index in [1.807, 2.05) is 30.3 Å². The number of carbonyl (C=O) groups is 1. The summed E-state index contributed by atoms with van der Waals surface area (Å²) >= 11 is 0.702. The van der Waals surface area contributed by atoms with Gasteiger partial charge in [-0.3, -0.25) is 10.1 Å². The fraction of sp³-hybridized carbons (Fsp3) is 0.0588. The molecule has 27 heavy (non-hydrogen) atoms. The van der Waals surface area contributed by atoms with E-state index >= 15 is 0 Å². The van der Waals surface area contributed by atoms with Crippen LogP contribution in [0.25, 0.3) is 17.4 Å². The van der Waals surface area contributed by atoms with Crippen LogP contribution in [0.4, 0.5) is 5.13 Å². The number of rotatable bonds is 5. The van der Waals surface area contributed by atoms with Gasteiger partial charge in [-0.05, 0) is 12.1 Å². The van der Waals surface area contributed by atoms with E-state index in [2.05, 4.69) is 15.5 Å². The molecule has 1 N–H and O–H groups in total. The van der Waals surface area contributed by atoms with Crippen molar-refractivity contribution in [3.05, 3.63) is 53.8 Å². The van der Waals surface area contributed by atoms with Crippen molar-refractivity contribution in [2.45, 2.75) is 4.34 Å². The molecule has 0 aliphatic heterocycles.